The zero-order valence-electron chi connectivity index (χ0n) is 10.8. The Hall–Kier alpha value is -0.910. The third-order valence-corrected chi connectivity index (χ3v) is 4.34. The van der Waals surface area contributed by atoms with Crippen molar-refractivity contribution in [2.45, 2.75) is 25.3 Å². The van der Waals surface area contributed by atoms with Gasteiger partial charge in [-0.3, -0.25) is 9.69 Å². The summed E-state index contributed by atoms with van der Waals surface area (Å²) in [5.41, 5.74) is 7.48. The lowest BCUT2D eigenvalue weighted by atomic mass is 9.98. The van der Waals surface area contributed by atoms with Crippen molar-refractivity contribution in [1.29, 1.82) is 0 Å². The Morgan fingerprint density at radius 3 is 2.63 bits per heavy atom. The molecule has 1 atom stereocenters. The second-order valence-corrected chi connectivity index (χ2v) is 5.81. The number of halogens is 1. The third-order valence-electron chi connectivity index (χ3n) is 3.61. The molecule has 0 aromatic heterocycles. The van der Waals surface area contributed by atoms with Gasteiger partial charge >= 0.3 is 5.97 Å². The van der Waals surface area contributed by atoms with Crippen molar-refractivity contribution in [3.8, 4) is 0 Å². The van der Waals surface area contributed by atoms with Gasteiger partial charge in [-0.05, 0) is 43.1 Å². The van der Waals surface area contributed by atoms with Crippen LogP contribution in [0.15, 0.2) is 22.7 Å². The SMILES string of the molecule is NCC(C(=O)O)c1ccc(CN2CCCC2)c(Br)c1. The molecule has 1 aliphatic heterocycles. The molecule has 104 valence electrons. The fourth-order valence-electron chi connectivity index (χ4n) is 2.47. The first kappa shape index (κ1) is 14.5. The van der Waals surface area contributed by atoms with E-state index in [4.69, 9.17) is 10.8 Å². The molecule has 1 unspecified atom stereocenters. The standard InChI is InChI=1S/C14H19BrN2O2/c15-13-7-10(12(8-16)14(18)19)3-4-11(13)9-17-5-1-2-6-17/h3-4,7,12H,1-2,5-6,8-9,16H2,(H,18,19). The maximum Gasteiger partial charge on any atom is 0.312 e. The van der Waals surface area contributed by atoms with E-state index in [9.17, 15) is 4.79 Å². The van der Waals surface area contributed by atoms with Gasteiger partial charge in [-0.1, -0.05) is 28.1 Å². The minimum absolute atomic E-state index is 0.118. The highest BCUT2D eigenvalue weighted by Gasteiger charge is 2.19. The monoisotopic (exact) mass is 326 g/mol. The number of nitrogens with two attached hydrogens (primary N) is 1. The summed E-state index contributed by atoms with van der Waals surface area (Å²) in [5, 5.41) is 9.11. The lowest BCUT2D eigenvalue weighted by Gasteiger charge is -2.17. The lowest BCUT2D eigenvalue weighted by molar-refractivity contribution is -0.138. The third kappa shape index (κ3) is 3.55. The van der Waals surface area contributed by atoms with Gasteiger partial charge in [0.1, 0.15) is 0 Å². The summed E-state index contributed by atoms with van der Waals surface area (Å²) in [6, 6.07) is 5.77. The summed E-state index contributed by atoms with van der Waals surface area (Å²) in [6.45, 7) is 3.33. The molecule has 19 heavy (non-hydrogen) atoms. The highest BCUT2D eigenvalue weighted by Crippen LogP contribution is 2.25. The van der Waals surface area contributed by atoms with Gasteiger partial charge < -0.3 is 10.8 Å². The van der Waals surface area contributed by atoms with Crippen LogP contribution < -0.4 is 5.73 Å². The Balaban J connectivity index is 2.13. The van der Waals surface area contributed by atoms with Gasteiger partial charge in [-0.2, -0.15) is 0 Å². The van der Waals surface area contributed by atoms with Crippen LogP contribution in [0.25, 0.3) is 0 Å². The van der Waals surface area contributed by atoms with Gasteiger partial charge in [0.15, 0.2) is 0 Å². The minimum atomic E-state index is -0.873. The number of carboxylic acids is 1. The molecule has 1 fully saturated rings. The normalized spacial score (nSPS) is 17.6. The molecule has 0 bridgehead atoms. The highest BCUT2D eigenvalue weighted by atomic mass is 79.9. The molecule has 0 aliphatic carbocycles. The van der Waals surface area contributed by atoms with E-state index in [1.165, 1.54) is 18.4 Å². The largest absolute Gasteiger partial charge is 0.481 e. The van der Waals surface area contributed by atoms with Crippen molar-refractivity contribution in [2.75, 3.05) is 19.6 Å². The average molecular weight is 327 g/mol. The van der Waals surface area contributed by atoms with Crippen molar-refractivity contribution in [3.05, 3.63) is 33.8 Å². The average Bonchev–Trinajstić information content (AvgIpc) is 2.86. The highest BCUT2D eigenvalue weighted by molar-refractivity contribution is 9.10. The van der Waals surface area contributed by atoms with E-state index < -0.39 is 11.9 Å². The molecule has 2 rings (SSSR count). The minimum Gasteiger partial charge on any atom is -0.481 e. The van der Waals surface area contributed by atoms with Crippen LogP contribution in [0, 0.1) is 0 Å². The van der Waals surface area contributed by atoms with Crippen molar-refractivity contribution in [3.63, 3.8) is 0 Å². The first-order chi connectivity index (χ1) is 9.11. The van der Waals surface area contributed by atoms with Gasteiger partial charge in [0.05, 0.1) is 5.92 Å². The van der Waals surface area contributed by atoms with Gasteiger partial charge in [0, 0.05) is 17.6 Å². The number of carbonyl (C=O) groups is 1. The van der Waals surface area contributed by atoms with Crippen molar-refractivity contribution in [2.24, 2.45) is 5.73 Å². The molecular formula is C14H19BrN2O2. The van der Waals surface area contributed by atoms with Gasteiger partial charge in [-0.25, -0.2) is 0 Å². The first-order valence-electron chi connectivity index (χ1n) is 6.55. The molecule has 1 heterocycles. The first-order valence-corrected chi connectivity index (χ1v) is 7.34. The van der Waals surface area contributed by atoms with Crippen LogP contribution in [0.5, 0.6) is 0 Å². The van der Waals surface area contributed by atoms with E-state index in [1.54, 1.807) is 0 Å². The van der Waals surface area contributed by atoms with E-state index in [0.29, 0.717) is 0 Å². The number of likely N-dealkylation sites (tertiary alicyclic amines) is 1. The quantitative estimate of drug-likeness (QED) is 0.870. The number of hydrogen-bond acceptors (Lipinski definition) is 3. The Bertz CT molecular complexity index is 459. The van der Waals surface area contributed by atoms with Crippen LogP contribution in [0.1, 0.15) is 29.9 Å². The Morgan fingerprint density at radius 1 is 1.42 bits per heavy atom. The van der Waals surface area contributed by atoms with E-state index in [0.717, 1.165) is 29.7 Å². The Labute approximate surface area is 121 Å². The molecule has 1 saturated heterocycles. The van der Waals surface area contributed by atoms with Crippen LogP contribution in [0.4, 0.5) is 0 Å². The van der Waals surface area contributed by atoms with E-state index in [1.807, 2.05) is 18.2 Å². The fraction of sp³-hybridized carbons (Fsp3) is 0.500. The van der Waals surface area contributed by atoms with Crippen LogP contribution in [-0.2, 0) is 11.3 Å². The molecule has 0 amide bonds. The second-order valence-electron chi connectivity index (χ2n) is 4.96. The summed E-state index contributed by atoms with van der Waals surface area (Å²) in [6.07, 6.45) is 2.54. The predicted molar refractivity (Wildman–Crippen MR) is 78.1 cm³/mol. The molecular weight excluding hydrogens is 308 g/mol. The van der Waals surface area contributed by atoms with Crippen LogP contribution >= 0.6 is 15.9 Å². The number of hydrogen-bond donors (Lipinski definition) is 2. The molecule has 0 spiro atoms. The molecule has 4 nitrogen and oxygen atoms in total. The van der Waals surface area contributed by atoms with Crippen molar-refractivity contribution in [1.82, 2.24) is 4.90 Å². The number of aliphatic carboxylic acids is 1. The van der Waals surface area contributed by atoms with Gasteiger partial charge in [0.25, 0.3) is 0 Å². The molecule has 0 saturated carbocycles. The maximum atomic E-state index is 11.1. The fourth-order valence-corrected chi connectivity index (χ4v) is 2.99. The summed E-state index contributed by atoms with van der Waals surface area (Å²) in [7, 11) is 0. The Morgan fingerprint density at radius 2 is 2.11 bits per heavy atom. The molecule has 1 aromatic carbocycles. The zero-order valence-corrected chi connectivity index (χ0v) is 12.4. The molecule has 0 radical (unpaired) electrons. The number of rotatable bonds is 5. The van der Waals surface area contributed by atoms with E-state index >= 15 is 0 Å². The summed E-state index contributed by atoms with van der Waals surface area (Å²) in [5.74, 6) is -1.50. The van der Waals surface area contributed by atoms with Crippen molar-refractivity contribution >= 4 is 21.9 Å². The van der Waals surface area contributed by atoms with Crippen LogP contribution in [0.2, 0.25) is 0 Å². The number of benzene rings is 1. The molecule has 1 aromatic rings. The summed E-state index contributed by atoms with van der Waals surface area (Å²) >= 11 is 3.54. The maximum absolute atomic E-state index is 11.1. The molecule has 1 aliphatic rings. The topological polar surface area (TPSA) is 66.6 Å². The molecule has 3 N–H and O–H groups in total. The van der Waals surface area contributed by atoms with Crippen LogP contribution in [-0.4, -0.2) is 35.6 Å². The second kappa shape index (κ2) is 6.50. The molecule has 5 heteroatoms. The van der Waals surface area contributed by atoms with Gasteiger partial charge in [-0.15, -0.1) is 0 Å². The van der Waals surface area contributed by atoms with Crippen molar-refractivity contribution < 1.29 is 9.90 Å². The smallest absolute Gasteiger partial charge is 0.312 e. The summed E-state index contributed by atoms with van der Waals surface area (Å²) < 4.78 is 0.969. The van der Waals surface area contributed by atoms with Crippen LogP contribution in [0.3, 0.4) is 0 Å². The Kier molecular flexibility index (Phi) is 4.96. The van der Waals surface area contributed by atoms with E-state index in [2.05, 4.69) is 20.8 Å². The lowest BCUT2D eigenvalue weighted by Crippen LogP contribution is -2.21. The number of nitrogens with zero attached hydrogens (tertiary/aromatic N) is 1. The van der Waals surface area contributed by atoms with E-state index in [-0.39, 0.29) is 6.54 Å². The summed E-state index contributed by atoms with van der Waals surface area (Å²) in [4.78, 5) is 13.5. The zero-order chi connectivity index (χ0) is 13.8. The predicted octanol–water partition coefficient (Wildman–Crippen LogP) is 2.17. The number of carboxylic acid groups (broad SMARTS) is 1. The van der Waals surface area contributed by atoms with Gasteiger partial charge in [0.2, 0.25) is 0 Å².